The minimum atomic E-state index is 0.601. The summed E-state index contributed by atoms with van der Waals surface area (Å²) in [7, 11) is 3.69. The normalized spacial score (nSPS) is 10.5. The lowest BCUT2D eigenvalue weighted by molar-refractivity contribution is 0.411. The summed E-state index contributed by atoms with van der Waals surface area (Å²) in [4.78, 5) is 2.09. The minimum absolute atomic E-state index is 0.601. The zero-order chi connectivity index (χ0) is 13.2. The summed E-state index contributed by atoms with van der Waals surface area (Å²) in [6.07, 6.45) is 0. The van der Waals surface area contributed by atoms with Crippen molar-refractivity contribution >= 4 is 17.3 Å². The maximum Gasteiger partial charge on any atom is 0.145 e. The molecule has 96 valence electrons. The van der Waals surface area contributed by atoms with Gasteiger partial charge in [-0.25, -0.2) is 0 Å². The highest BCUT2D eigenvalue weighted by Gasteiger charge is 2.19. The van der Waals surface area contributed by atoms with Gasteiger partial charge in [-0.3, -0.25) is 0 Å². The van der Waals surface area contributed by atoms with Crippen LogP contribution in [0, 0.1) is 20.8 Å². The van der Waals surface area contributed by atoms with E-state index >= 15 is 0 Å². The predicted octanol–water partition coefficient (Wildman–Crippen LogP) is 2.67. The molecule has 0 aliphatic rings. The average molecular weight is 257 g/mol. The molecular weight excluding hydrogens is 236 g/mol. The molecule has 2 N–H and O–H groups in total. The van der Waals surface area contributed by atoms with Crippen molar-refractivity contribution in [3.05, 3.63) is 21.7 Å². The molecule has 0 fully saturated rings. The standard InChI is InChI=1S/C13H21ClN2O/c1-8-9(2)13(17-5)12(10(3)11(8)14)16(4)7-6-15/h6-7,15H2,1-5H3. The van der Waals surface area contributed by atoms with Gasteiger partial charge in [-0.15, -0.1) is 0 Å². The second-order valence-electron chi connectivity index (χ2n) is 4.28. The van der Waals surface area contributed by atoms with E-state index in [-0.39, 0.29) is 0 Å². The van der Waals surface area contributed by atoms with Gasteiger partial charge in [-0.2, -0.15) is 0 Å². The lowest BCUT2D eigenvalue weighted by Gasteiger charge is -2.26. The topological polar surface area (TPSA) is 38.5 Å². The first kappa shape index (κ1) is 14.1. The Labute approximate surface area is 109 Å². The fourth-order valence-electron chi connectivity index (χ4n) is 2.08. The Bertz CT molecular complexity index is 419. The van der Waals surface area contributed by atoms with Gasteiger partial charge >= 0.3 is 0 Å². The summed E-state index contributed by atoms with van der Waals surface area (Å²) in [6, 6.07) is 0. The quantitative estimate of drug-likeness (QED) is 0.900. The van der Waals surface area contributed by atoms with Gasteiger partial charge in [0.15, 0.2) is 0 Å². The third kappa shape index (κ3) is 2.50. The number of nitrogens with two attached hydrogens (primary N) is 1. The second-order valence-corrected chi connectivity index (χ2v) is 4.66. The highest BCUT2D eigenvalue weighted by atomic mass is 35.5. The minimum Gasteiger partial charge on any atom is -0.494 e. The largest absolute Gasteiger partial charge is 0.494 e. The van der Waals surface area contributed by atoms with E-state index in [0.717, 1.165) is 39.7 Å². The number of methoxy groups -OCH3 is 1. The average Bonchev–Trinajstić information content (AvgIpc) is 2.31. The molecule has 3 nitrogen and oxygen atoms in total. The first-order valence-corrected chi connectivity index (χ1v) is 6.07. The van der Waals surface area contributed by atoms with Crippen molar-refractivity contribution in [2.45, 2.75) is 20.8 Å². The molecule has 0 heterocycles. The van der Waals surface area contributed by atoms with E-state index in [1.807, 2.05) is 27.8 Å². The van der Waals surface area contributed by atoms with Crippen LogP contribution in [0.1, 0.15) is 16.7 Å². The number of ether oxygens (including phenoxy) is 1. The molecule has 0 radical (unpaired) electrons. The molecule has 0 aliphatic carbocycles. The maximum absolute atomic E-state index is 6.35. The summed E-state index contributed by atoms with van der Waals surface area (Å²) in [6.45, 7) is 7.43. The Kier molecular flexibility index (Phi) is 4.66. The molecule has 0 atom stereocenters. The van der Waals surface area contributed by atoms with Crippen LogP contribution in [0.25, 0.3) is 0 Å². The Morgan fingerprint density at radius 1 is 1.18 bits per heavy atom. The van der Waals surface area contributed by atoms with E-state index in [1.165, 1.54) is 0 Å². The van der Waals surface area contributed by atoms with Crippen molar-refractivity contribution in [2.75, 3.05) is 32.1 Å². The number of hydrogen-bond acceptors (Lipinski definition) is 3. The number of nitrogens with zero attached hydrogens (tertiary/aromatic N) is 1. The van der Waals surface area contributed by atoms with Crippen molar-refractivity contribution in [3.8, 4) is 5.75 Å². The maximum atomic E-state index is 6.35. The van der Waals surface area contributed by atoms with E-state index in [1.54, 1.807) is 7.11 Å². The van der Waals surface area contributed by atoms with E-state index in [4.69, 9.17) is 22.1 Å². The molecule has 4 heteroatoms. The first-order valence-electron chi connectivity index (χ1n) is 5.70. The van der Waals surface area contributed by atoms with E-state index in [0.29, 0.717) is 6.54 Å². The third-order valence-corrected chi connectivity index (χ3v) is 3.75. The second kappa shape index (κ2) is 5.61. The van der Waals surface area contributed by atoms with Gasteiger partial charge in [0.25, 0.3) is 0 Å². The van der Waals surface area contributed by atoms with Crippen LogP contribution in [-0.4, -0.2) is 27.2 Å². The van der Waals surface area contributed by atoms with Gasteiger partial charge in [0.1, 0.15) is 5.75 Å². The highest BCUT2D eigenvalue weighted by molar-refractivity contribution is 6.32. The Hall–Kier alpha value is -0.930. The highest BCUT2D eigenvalue weighted by Crippen LogP contribution is 2.41. The Morgan fingerprint density at radius 2 is 1.76 bits per heavy atom. The van der Waals surface area contributed by atoms with Crippen molar-refractivity contribution in [2.24, 2.45) is 5.73 Å². The van der Waals surface area contributed by atoms with Crippen LogP contribution < -0.4 is 15.4 Å². The number of likely N-dealkylation sites (N-methyl/N-ethyl adjacent to an activating group) is 1. The van der Waals surface area contributed by atoms with E-state index < -0.39 is 0 Å². The Morgan fingerprint density at radius 3 is 2.24 bits per heavy atom. The molecule has 17 heavy (non-hydrogen) atoms. The molecule has 0 amide bonds. The predicted molar refractivity (Wildman–Crippen MR) is 74.5 cm³/mol. The van der Waals surface area contributed by atoms with Crippen LogP contribution in [0.2, 0.25) is 5.02 Å². The molecule has 0 spiro atoms. The van der Waals surface area contributed by atoms with Crippen LogP contribution in [0.15, 0.2) is 0 Å². The zero-order valence-corrected chi connectivity index (χ0v) is 12.0. The van der Waals surface area contributed by atoms with Crippen LogP contribution in [0.4, 0.5) is 5.69 Å². The first-order chi connectivity index (χ1) is 7.95. The van der Waals surface area contributed by atoms with Gasteiger partial charge in [-0.1, -0.05) is 11.6 Å². The fourth-order valence-corrected chi connectivity index (χ4v) is 2.31. The van der Waals surface area contributed by atoms with Crippen molar-refractivity contribution in [3.63, 3.8) is 0 Å². The summed E-state index contributed by atoms with van der Waals surface area (Å²) in [5.74, 6) is 0.889. The van der Waals surface area contributed by atoms with Crippen LogP contribution in [-0.2, 0) is 0 Å². The van der Waals surface area contributed by atoms with E-state index in [2.05, 4.69) is 4.90 Å². The number of rotatable bonds is 4. The summed E-state index contributed by atoms with van der Waals surface area (Å²) < 4.78 is 5.52. The molecule has 0 aliphatic heterocycles. The lowest BCUT2D eigenvalue weighted by Crippen LogP contribution is -2.26. The zero-order valence-electron chi connectivity index (χ0n) is 11.2. The summed E-state index contributed by atoms with van der Waals surface area (Å²) >= 11 is 6.35. The molecule has 1 rings (SSSR count). The molecule has 0 unspecified atom stereocenters. The molecule has 0 bridgehead atoms. The van der Waals surface area contributed by atoms with Gasteiger partial charge in [0.2, 0.25) is 0 Å². The molecule has 1 aromatic carbocycles. The third-order valence-electron chi connectivity index (χ3n) is 3.18. The molecular formula is C13H21ClN2O. The van der Waals surface area contributed by atoms with Crippen LogP contribution in [0.3, 0.4) is 0 Å². The molecule has 0 saturated heterocycles. The number of anilines is 1. The number of hydrogen-bond donors (Lipinski definition) is 1. The SMILES string of the molecule is COc1c(C)c(C)c(Cl)c(C)c1N(C)CCN. The van der Waals surface area contributed by atoms with Crippen molar-refractivity contribution < 1.29 is 4.74 Å². The monoisotopic (exact) mass is 256 g/mol. The number of halogens is 1. The molecule has 0 aromatic heterocycles. The number of benzene rings is 1. The fraction of sp³-hybridized carbons (Fsp3) is 0.538. The van der Waals surface area contributed by atoms with Gasteiger partial charge in [-0.05, 0) is 37.5 Å². The van der Waals surface area contributed by atoms with Gasteiger partial charge in [0.05, 0.1) is 12.8 Å². The van der Waals surface area contributed by atoms with E-state index in [9.17, 15) is 0 Å². The van der Waals surface area contributed by atoms with Crippen molar-refractivity contribution in [1.82, 2.24) is 0 Å². The van der Waals surface area contributed by atoms with Gasteiger partial charge in [0, 0.05) is 25.2 Å². The summed E-state index contributed by atoms with van der Waals surface area (Å²) in [5, 5.41) is 0.808. The van der Waals surface area contributed by atoms with Crippen LogP contribution >= 0.6 is 11.6 Å². The summed E-state index contributed by atoms with van der Waals surface area (Å²) in [5.41, 5.74) is 9.84. The Balaban J connectivity index is 3.46. The smallest absolute Gasteiger partial charge is 0.145 e. The van der Waals surface area contributed by atoms with Crippen LogP contribution in [0.5, 0.6) is 5.75 Å². The molecule has 0 saturated carbocycles. The lowest BCUT2D eigenvalue weighted by atomic mass is 10.0. The van der Waals surface area contributed by atoms with Gasteiger partial charge < -0.3 is 15.4 Å². The van der Waals surface area contributed by atoms with Crippen molar-refractivity contribution in [1.29, 1.82) is 0 Å². The molecule has 1 aromatic rings.